The average Bonchev–Trinajstić information content (AvgIpc) is 3.21. The summed E-state index contributed by atoms with van der Waals surface area (Å²) in [5.74, 6) is -1.64. The monoisotopic (exact) mass is 546 g/mol. The number of ether oxygens (including phenoxy) is 1. The van der Waals surface area contributed by atoms with Crippen LogP contribution in [0, 0.1) is 29.6 Å². The Morgan fingerprint density at radius 3 is 1.95 bits per heavy atom. The smallest absolute Gasteiger partial charge is 0.317 e. The van der Waals surface area contributed by atoms with Crippen LogP contribution in [0.3, 0.4) is 0 Å². The summed E-state index contributed by atoms with van der Waals surface area (Å²) in [6, 6.07) is 0. The maximum Gasteiger partial charge on any atom is 0.317 e. The number of aliphatic carboxylic acids is 1. The van der Waals surface area contributed by atoms with Crippen LogP contribution in [0.2, 0.25) is 0 Å². The minimum Gasteiger partial charge on any atom is -0.481 e. The minimum atomic E-state index is -0.918. The maximum atomic E-state index is 11.7. The van der Waals surface area contributed by atoms with E-state index < -0.39 is 11.9 Å². The second kappa shape index (κ2) is 19.5. The average molecular weight is 547 g/mol. The van der Waals surface area contributed by atoms with Crippen LogP contribution in [0.5, 0.6) is 0 Å². The molecule has 222 valence electrons. The van der Waals surface area contributed by atoms with Crippen molar-refractivity contribution in [3.63, 3.8) is 0 Å². The number of esters is 2. The fourth-order valence-electron chi connectivity index (χ4n) is 5.30. The van der Waals surface area contributed by atoms with Crippen LogP contribution in [0.1, 0.15) is 120 Å². The summed E-state index contributed by atoms with van der Waals surface area (Å²) in [6.45, 7) is 20.3. The van der Waals surface area contributed by atoms with Gasteiger partial charge in [-0.2, -0.15) is 0 Å². The number of rotatable bonds is 17. The Labute approximate surface area is 237 Å². The number of ketones is 1. The first kappa shape index (κ1) is 36.5. The van der Waals surface area contributed by atoms with Gasteiger partial charge in [-0.3, -0.25) is 19.2 Å². The zero-order chi connectivity index (χ0) is 30.1. The molecule has 1 heterocycles. The summed E-state index contributed by atoms with van der Waals surface area (Å²) >= 11 is 0. The quantitative estimate of drug-likeness (QED) is 0.112. The zero-order valence-electron chi connectivity index (χ0n) is 25.8. The molecule has 1 rings (SSSR count). The highest BCUT2D eigenvalue weighted by Crippen LogP contribution is 2.34. The summed E-state index contributed by atoms with van der Waals surface area (Å²) in [5, 5.41) is 8.95. The Bertz CT molecular complexity index is 881. The van der Waals surface area contributed by atoms with Crippen molar-refractivity contribution in [1.29, 1.82) is 0 Å². The van der Waals surface area contributed by atoms with Crippen LogP contribution in [-0.2, 0) is 23.9 Å². The number of allylic oxidation sites excluding steroid dienone is 5. The fraction of sp³-hybridized carbons (Fsp3) is 0.697. The molecular weight excluding hydrogens is 492 g/mol. The summed E-state index contributed by atoms with van der Waals surface area (Å²) in [4.78, 5) is 45.5. The van der Waals surface area contributed by atoms with Gasteiger partial charge in [0.15, 0.2) is 0 Å². The van der Waals surface area contributed by atoms with Crippen molar-refractivity contribution in [3.05, 3.63) is 35.5 Å². The number of carbonyl (C=O) groups excluding carboxylic acids is 3. The highest BCUT2D eigenvalue weighted by molar-refractivity contribution is 5.94. The van der Waals surface area contributed by atoms with Crippen molar-refractivity contribution < 1.29 is 29.0 Å². The van der Waals surface area contributed by atoms with E-state index in [4.69, 9.17) is 5.11 Å². The molecule has 5 unspecified atom stereocenters. The number of hydrogen-bond donors (Lipinski definition) is 1. The van der Waals surface area contributed by atoms with Crippen molar-refractivity contribution in [1.82, 2.24) is 0 Å². The van der Waals surface area contributed by atoms with Crippen molar-refractivity contribution in [3.8, 4) is 0 Å². The molecule has 0 aromatic heterocycles. The third-order valence-corrected chi connectivity index (χ3v) is 8.18. The van der Waals surface area contributed by atoms with Gasteiger partial charge in [0, 0.05) is 5.92 Å². The molecule has 0 spiro atoms. The highest BCUT2D eigenvalue weighted by atomic mass is 16.6. The first-order valence-electron chi connectivity index (χ1n) is 14.8. The van der Waals surface area contributed by atoms with Crippen LogP contribution < -0.4 is 0 Å². The summed E-state index contributed by atoms with van der Waals surface area (Å²) in [7, 11) is 0. The van der Waals surface area contributed by atoms with E-state index in [1.807, 2.05) is 6.92 Å². The minimum absolute atomic E-state index is 0.0288. The topological polar surface area (TPSA) is 97.7 Å². The largest absolute Gasteiger partial charge is 0.481 e. The van der Waals surface area contributed by atoms with Gasteiger partial charge >= 0.3 is 17.9 Å². The third kappa shape index (κ3) is 13.9. The normalized spacial score (nSPS) is 18.9. The second-order valence-corrected chi connectivity index (χ2v) is 11.1. The number of carboxylic acids is 1. The molecular formula is C33H54O6. The van der Waals surface area contributed by atoms with E-state index in [2.05, 4.69) is 65.0 Å². The molecule has 1 aliphatic rings. The van der Waals surface area contributed by atoms with Gasteiger partial charge in [0.05, 0.1) is 18.8 Å². The lowest BCUT2D eigenvalue weighted by Gasteiger charge is -2.25. The second-order valence-electron chi connectivity index (χ2n) is 11.1. The molecule has 1 N–H and O–H groups in total. The molecule has 0 radical (unpaired) electrons. The summed E-state index contributed by atoms with van der Waals surface area (Å²) < 4.78 is 4.68. The molecule has 0 saturated carbocycles. The van der Waals surface area contributed by atoms with Gasteiger partial charge in [0.1, 0.15) is 5.78 Å². The van der Waals surface area contributed by atoms with Crippen molar-refractivity contribution in [2.24, 2.45) is 29.6 Å². The van der Waals surface area contributed by atoms with Gasteiger partial charge in [-0.05, 0) is 83.5 Å². The molecule has 0 amide bonds. The van der Waals surface area contributed by atoms with Gasteiger partial charge in [-0.1, -0.05) is 76.5 Å². The van der Waals surface area contributed by atoms with Crippen molar-refractivity contribution in [2.75, 3.05) is 0 Å². The zero-order valence-corrected chi connectivity index (χ0v) is 25.8. The fourth-order valence-corrected chi connectivity index (χ4v) is 5.30. The van der Waals surface area contributed by atoms with E-state index >= 15 is 0 Å². The van der Waals surface area contributed by atoms with E-state index in [9.17, 15) is 19.2 Å². The standard InChI is InChI=1S/C17H28O3.C16H26O3/c1-6-12(3)9-8-10-13(4)15(7-2)16(14(5)18)11-17(19)20;1-5-11(3)8-7-9-12(4)13(6-2)14-10-15(17)19-16(14)18/h9,15-16H,4,6-8,10-11H2,1-3,5H3,(H,19,20);8,12-14H,5-7,9-10H2,1-4H3/b12-9-;11-8-. The molecule has 1 fully saturated rings. The predicted octanol–water partition coefficient (Wildman–Crippen LogP) is 8.26. The van der Waals surface area contributed by atoms with E-state index in [1.54, 1.807) is 0 Å². The molecule has 5 atom stereocenters. The Hall–Kier alpha value is -2.50. The number of carbonyl (C=O) groups is 4. The molecule has 1 saturated heterocycles. The summed E-state index contributed by atoms with van der Waals surface area (Å²) in [6.07, 6.45) is 12.3. The predicted molar refractivity (Wildman–Crippen MR) is 158 cm³/mol. The Balaban J connectivity index is 0.000000741. The molecule has 39 heavy (non-hydrogen) atoms. The van der Waals surface area contributed by atoms with E-state index in [0.717, 1.165) is 56.9 Å². The van der Waals surface area contributed by atoms with Gasteiger partial charge in [0.2, 0.25) is 0 Å². The van der Waals surface area contributed by atoms with Gasteiger partial charge < -0.3 is 9.84 Å². The van der Waals surface area contributed by atoms with Gasteiger partial charge in [-0.15, -0.1) is 0 Å². The molecule has 1 aliphatic heterocycles. The van der Waals surface area contributed by atoms with Gasteiger partial charge in [0.25, 0.3) is 0 Å². The van der Waals surface area contributed by atoms with Gasteiger partial charge in [-0.25, -0.2) is 0 Å². The van der Waals surface area contributed by atoms with E-state index in [1.165, 1.54) is 18.1 Å². The van der Waals surface area contributed by atoms with Crippen LogP contribution in [0.15, 0.2) is 35.5 Å². The van der Waals surface area contributed by atoms with Crippen LogP contribution in [-0.4, -0.2) is 28.8 Å². The third-order valence-electron chi connectivity index (χ3n) is 8.18. The molecule has 0 aromatic carbocycles. The Kier molecular flexibility index (Phi) is 18.3. The highest BCUT2D eigenvalue weighted by Gasteiger charge is 2.40. The SMILES string of the molecule is C=C(CC/C=C(/C)CC)C(CC)C(CC(=O)O)C(C)=O.CC/C(C)=C\CCC(C)C(CC)C1CC(=O)OC1=O. The molecule has 0 aromatic rings. The molecule has 6 nitrogen and oxygen atoms in total. The molecule has 6 heteroatoms. The van der Waals surface area contributed by atoms with Crippen LogP contribution in [0.4, 0.5) is 0 Å². The first-order valence-corrected chi connectivity index (χ1v) is 14.8. The Morgan fingerprint density at radius 1 is 0.974 bits per heavy atom. The number of carboxylic acid groups (broad SMARTS) is 1. The van der Waals surface area contributed by atoms with Crippen molar-refractivity contribution >= 4 is 23.7 Å². The van der Waals surface area contributed by atoms with E-state index in [0.29, 0.717) is 5.92 Å². The molecule has 0 aliphatic carbocycles. The summed E-state index contributed by atoms with van der Waals surface area (Å²) in [5.41, 5.74) is 3.75. The molecule has 0 bridgehead atoms. The lowest BCUT2D eigenvalue weighted by atomic mass is 9.78. The van der Waals surface area contributed by atoms with Crippen LogP contribution >= 0.6 is 0 Å². The first-order chi connectivity index (χ1) is 18.3. The number of hydrogen-bond acceptors (Lipinski definition) is 5. The maximum absolute atomic E-state index is 11.7. The number of cyclic esters (lactones) is 2. The van der Waals surface area contributed by atoms with Crippen LogP contribution in [0.25, 0.3) is 0 Å². The lowest BCUT2D eigenvalue weighted by Crippen LogP contribution is -2.25. The number of Topliss-reactive ketones (excluding diaryl/α,β-unsaturated/α-hetero) is 1. The van der Waals surface area contributed by atoms with Crippen molar-refractivity contribution in [2.45, 2.75) is 120 Å². The Morgan fingerprint density at radius 2 is 1.54 bits per heavy atom. The lowest BCUT2D eigenvalue weighted by molar-refractivity contribution is -0.154. The van der Waals surface area contributed by atoms with E-state index in [-0.39, 0.29) is 48.3 Å².